The van der Waals surface area contributed by atoms with E-state index >= 15 is 0 Å². The van der Waals surface area contributed by atoms with Gasteiger partial charge in [0.05, 0.1) is 13.2 Å². The molecule has 0 saturated carbocycles. The Kier molecular flexibility index (Phi) is 5.75. The molecule has 0 aromatic heterocycles. The molecule has 0 spiro atoms. The SMILES string of the molecule is CC(=O)CCc1ccc(OCC(=O)N2CCOCC2)cc1. The summed E-state index contributed by atoms with van der Waals surface area (Å²) in [5.74, 6) is 0.841. The van der Waals surface area contributed by atoms with Crippen LogP contribution in [0.25, 0.3) is 0 Å². The van der Waals surface area contributed by atoms with Crippen LogP contribution >= 0.6 is 0 Å². The number of aryl methyl sites for hydroxylation is 1. The lowest BCUT2D eigenvalue weighted by molar-refractivity contribution is -0.137. The molecule has 1 aliphatic heterocycles. The van der Waals surface area contributed by atoms with Crippen LogP contribution in [0.1, 0.15) is 18.9 Å². The minimum atomic E-state index is -0.0149. The van der Waals surface area contributed by atoms with Gasteiger partial charge in [0.15, 0.2) is 6.61 Å². The third-order valence-corrected chi connectivity index (χ3v) is 3.42. The van der Waals surface area contributed by atoms with Crippen molar-refractivity contribution < 1.29 is 19.1 Å². The molecule has 21 heavy (non-hydrogen) atoms. The Labute approximate surface area is 124 Å². The van der Waals surface area contributed by atoms with E-state index in [-0.39, 0.29) is 18.3 Å². The normalized spacial score (nSPS) is 14.8. The van der Waals surface area contributed by atoms with Gasteiger partial charge in [0, 0.05) is 19.5 Å². The van der Waals surface area contributed by atoms with Crippen molar-refractivity contribution in [2.24, 2.45) is 0 Å². The summed E-state index contributed by atoms with van der Waals surface area (Å²) in [5, 5.41) is 0. The Morgan fingerprint density at radius 3 is 2.48 bits per heavy atom. The van der Waals surface area contributed by atoms with Crippen molar-refractivity contribution in [2.45, 2.75) is 19.8 Å². The monoisotopic (exact) mass is 291 g/mol. The highest BCUT2D eigenvalue weighted by Crippen LogP contribution is 2.14. The van der Waals surface area contributed by atoms with Crippen molar-refractivity contribution in [3.05, 3.63) is 29.8 Å². The smallest absolute Gasteiger partial charge is 0.260 e. The molecule has 5 heteroatoms. The molecule has 5 nitrogen and oxygen atoms in total. The van der Waals surface area contributed by atoms with Gasteiger partial charge in [0.2, 0.25) is 0 Å². The van der Waals surface area contributed by atoms with Crippen molar-refractivity contribution in [3.8, 4) is 5.75 Å². The molecule has 1 heterocycles. The number of hydrogen-bond donors (Lipinski definition) is 0. The fraction of sp³-hybridized carbons (Fsp3) is 0.500. The molecular weight excluding hydrogens is 270 g/mol. The molecule has 1 aromatic rings. The first-order chi connectivity index (χ1) is 10.1. The lowest BCUT2D eigenvalue weighted by Crippen LogP contribution is -2.42. The molecule has 1 saturated heterocycles. The predicted octanol–water partition coefficient (Wildman–Crippen LogP) is 1.45. The number of benzene rings is 1. The largest absolute Gasteiger partial charge is 0.484 e. The van der Waals surface area contributed by atoms with E-state index in [1.165, 1.54) is 0 Å². The highest BCUT2D eigenvalue weighted by molar-refractivity contribution is 5.77. The van der Waals surface area contributed by atoms with Gasteiger partial charge in [-0.2, -0.15) is 0 Å². The van der Waals surface area contributed by atoms with Crippen molar-refractivity contribution in [2.75, 3.05) is 32.9 Å². The summed E-state index contributed by atoms with van der Waals surface area (Å²) in [6, 6.07) is 7.53. The zero-order valence-corrected chi connectivity index (χ0v) is 12.3. The van der Waals surface area contributed by atoms with Crippen LogP contribution in [-0.2, 0) is 20.7 Å². The van der Waals surface area contributed by atoms with Crippen LogP contribution in [0.15, 0.2) is 24.3 Å². The summed E-state index contributed by atoms with van der Waals surface area (Å²) in [5.41, 5.74) is 1.09. The van der Waals surface area contributed by atoms with Gasteiger partial charge in [-0.3, -0.25) is 4.79 Å². The number of Topliss-reactive ketones (excluding diaryl/α,β-unsaturated/α-hetero) is 1. The molecule has 1 aromatic carbocycles. The molecule has 114 valence electrons. The zero-order valence-electron chi connectivity index (χ0n) is 12.3. The summed E-state index contributed by atoms with van der Waals surface area (Å²) in [6.07, 6.45) is 1.29. The number of carbonyl (C=O) groups excluding carboxylic acids is 2. The summed E-state index contributed by atoms with van der Waals surface area (Å²) in [7, 11) is 0. The number of hydrogen-bond acceptors (Lipinski definition) is 4. The van der Waals surface area contributed by atoms with Gasteiger partial charge in [-0.1, -0.05) is 12.1 Å². The van der Waals surface area contributed by atoms with Crippen LogP contribution in [0.3, 0.4) is 0 Å². The Morgan fingerprint density at radius 1 is 1.19 bits per heavy atom. The van der Waals surface area contributed by atoms with Crippen LogP contribution in [0.4, 0.5) is 0 Å². The number of amides is 1. The minimum absolute atomic E-state index is 0.0149. The predicted molar refractivity (Wildman–Crippen MR) is 78.3 cm³/mol. The van der Waals surface area contributed by atoms with E-state index in [2.05, 4.69) is 0 Å². The molecule has 0 bridgehead atoms. The van der Waals surface area contributed by atoms with E-state index in [0.717, 1.165) is 12.0 Å². The highest BCUT2D eigenvalue weighted by atomic mass is 16.5. The maximum Gasteiger partial charge on any atom is 0.260 e. The fourth-order valence-electron chi connectivity index (χ4n) is 2.12. The number of ketones is 1. The number of ether oxygens (including phenoxy) is 2. The Bertz CT molecular complexity index is 478. The topological polar surface area (TPSA) is 55.8 Å². The molecule has 0 atom stereocenters. The fourth-order valence-corrected chi connectivity index (χ4v) is 2.12. The van der Waals surface area contributed by atoms with Gasteiger partial charge in [0.1, 0.15) is 11.5 Å². The first-order valence-electron chi connectivity index (χ1n) is 7.22. The number of morpholine rings is 1. The lowest BCUT2D eigenvalue weighted by Gasteiger charge is -2.26. The molecule has 2 rings (SSSR count). The number of carbonyl (C=O) groups is 2. The quantitative estimate of drug-likeness (QED) is 0.796. The van der Waals surface area contributed by atoms with E-state index in [1.807, 2.05) is 24.3 Å². The lowest BCUT2D eigenvalue weighted by atomic mass is 10.1. The molecule has 0 unspecified atom stereocenters. The van der Waals surface area contributed by atoms with Gasteiger partial charge in [-0.15, -0.1) is 0 Å². The summed E-state index contributed by atoms with van der Waals surface area (Å²) < 4.78 is 10.7. The standard InChI is InChI=1S/C16H21NO4/c1-13(18)2-3-14-4-6-15(7-5-14)21-12-16(19)17-8-10-20-11-9-17/h4-7H,2-3,8-12H2,1H3. The third kappa shape index (κ3) is 5.19. The molecular formula is C16H21NO4. The second kappa shape index (κ2) is 7.78. The molecule has 1 fully saturated rings. The van der Waals surface area contributed by atoms with Crippen LogP contribution in [0, 0.1) is 0 Å². The van der Waals surface area contributed by atoms with E-state index in [1.54, 1.807) is 11.8 Å². The first-order valence-corrected chi connectivity index (χ1v) is 7.22. The second-order valence-corrected chi connectivity index (χ2v) is 5.13. The van der Waals surface area contributed by atoms with Crippen LogP contribution in [0.2, 0.25) is 0 Å². The average molecular weight is 291 g/mol. The van der Waals surface area contributed by atoms with Gasteiger partial charge in [-0.25, -0.2) is 0 Å². The van der Waals surface area contributed by atoms with Crippen molar-refractivity contribution in [1.29, 1.82) is 0 Å². The van der Waals surface area contributed by atoms with E-state index in [9.17, 15) is 9.59 Å². The third-order valence-electron chi connectivity index (χ3n) is 3.42. The molecule has 0 N–H and O–H groups in total. The van der Waals surface area contributed by atoms with E-state index < -0.39 is 0 Å². The van der Waals surface area contributed by atoms with Crippen LogP contribution in [0.5, 0.6) is 5.75 Å². The molecule has 0 aliphatic carbocycles. The van der Waals surface area contributed by atoms with Gasteiger partial charge >= 0.3 is 0 Å². The van der Waals surface area contributed by atoms with Crippen molar-refractivity contribution >= 4 is 11.7 Å². The zero-order chi connectivity index (χ0) is 15.1. The molecule has 1 amide bonds. The van der Waals surface area contributed by atoms with Crippen molar-refractivity contribution in [1.82, 2.24) is 4.90 Å². The van der Waals surface area contributed by atoms with Crippen LogP contribution < -0.4 is 4.74 Å². The van der Waals surface area contributed by atoms with Crippen molar-refractivity contribution in [3.63, 3.8) is 0 Å². The maximum absolute atomic E-state index is 11.9. The van der Waals surface area contributed by atoms with Gasteiger partial charge < -0.3 is 19.2 Å². The second-order valence-electron chi connectivity index (χ2n) is 5.13. The molecule has 0 radical (unpaired) electrons. The van der Waals surface area contributed by atoms with Gasteiger partial charge in [0.25, 0.3) is 5.91 Å². The Balaban J connectivity index is 1.77. The maximum atomic E-state index is 11.9. The van der Waals surface area contributed by atoms with E-state index in [4.69, 9.17) is 9.47 Å². The Morgan fingerprint density at radius 2 is 1.86 bits per heavy atom. The molecule has 1 aliphatic rings. The van der Waals surface area contributed by atoms with Crippen LogP contribution in [-0.4, -0.2) is 49.5 Å². The number of nitrogens with zero attached hydrogens (tertiary/aromatic N) is 1. The van der Waals surface area contributed by atoms with E-state index in [0.29, 0.717) is 38.5 Å². The minimum Gasteiger partial charge on any atom is -0.484 e. The first kappa shape index (κ1) is 15.5. The summed E-state index contributed by atoms with van der Waals surface area (Å²) in [4.78, 5) is 24.6. The summed E-state index contributed by atoms with van der Waals surface area (Å²) in [6.45, 7) is 4.09. The Hall–Kier alpha value is -1.88. The van der Waals surface area contributed by atoms with Gasteiger partial charge in [-0.05, 0) is 31.0 Å². The average Bonchev–Trinajstić information content (AvgIpc) is 2.52. The highest BCUT2D eigenvalue weighted by Gasteiger charge is 2.16. The number of rotatable bonds is 6. The summed E-state index contributed by atoms with van der Waals surface area (Å²) >= 11 is 0.